The van der Waals surface area contributed by atoms with E-state index >= 15 is 0 Å². The Balaban J connectivity index is 2.17. The van der Waals surface area contributed by atoms with Crippen LogP contribution in [0.3, 0.4) is 0 Å². The van der Waals surface area contributed by atoms with Crippen LogP contribution in [0.25, 0.3) is 6.20 Å². The van der Waals surface area contributed by atoms with Gasteiger partial charge < -0.3 is 0 Å². The Labute approximate surface area is 180 Å². The molecule has 0 saturated heterocycles. The fourth-order valence-corrected chi connectivity index (χ4v) is 5.59. The van der Waals surface area contributed by atoms with E-state index in [1.54, 1.807) is 0 Å². The van der Waals surface area contributed by atoms with Gasteiger partial charge in [-0.05, 0) is 47.5 Å². The van der Waals surface area contributed by atoms with Crippen LogP contribution in [-0.4, -0.2) is 51.7 Å². The molecule has 0 aromatic carbocycles. The maximum atomic E-state index is 3.89. The second kappa shape index (κ2) is 9.59. The third-order valence-corrected chi connectivity index (χ3v) is 7.40. The van der Waals surface area contributed by atoms with Gasteiger partial charge in [0.1, 0.15) is 30.5 Å². The molecule has 29 heavy (non-hydrogen) atoms. The van der Waals surface area contributed by atoms with Gasteiger partial charge in [0.15, 0.2) is 12.8 Å². The second-order valence-electron chi connectivity index (χ2n) is 10.6. The molecule has 0 amide bonds. The van der Waals surface area contributed by atoms with E-state index in [0.29, 0.717) is 6.04 Å². The molecule has 0 N–H and O–H groups in total. The molecule has 0 fully saturated rings. The van der Waals surface area contributed by atoms with Crippen LogP contribution >= 0.6 is 0 Å². The van der Waals surface area contributed by atoms with Crippen molar-refractivity contribution in [3.63, 3.8) is 0 Å². The van der Waals surface area contributed by atoms with Crippen LogP contribution in [0.1, 0.15) is 86.5 Å². The van der Waals surface area contributed by atoms with Gasteiger partial charge in [0.05, 0.1) is 12.2 Å². The van der Waals surface area contributed by atoms with Crippen molar-refractivity contribution in [2.24, 2.45) is 0 Å². The summed E-state index contributed by atoms with van der Waals surface area (Å²) in [5.74, 6) is 0. The normalized spacial score (nSPS) is 21.3. The van der Waals surface area contributed by atoms with Crippen LogP contribution in [0.4, 0.5) is 0 Å². The Morgan fingerprint density at radius 2 is 1.86 bits per heavy atom. The largest absolute Gasteiger partial charge is 0.271 e. The highest BCUT2D eigenvalue weighted by molar-refractivity contribution is 5.53. The molecule has 1 aliphatic rings. The topological polar surface area (TPSA) is 11.8 Å². The van der Waals surface area contributed by atoms with Crippen LogP contribution in [0, 0.1) is 0 Å². The fourth-order valence-electron chi connectivity index (χ4n) is 5.59. The highest BCUT2D eigenvalue weighted by atomic mass is 15.5. The zero-order valence-corrected chi connectivity index (χ0v) is 20.3. The molecule has 4 nitrogen and oxygen atoms in total. The highest BCUT2D eigenvalue weighted by Gasteiger charge is 2.55. The van der Waals surface area contributed by atoms with Crippen LogP contribution in [-0.2, 0) is 5.54 Å². The average molecular weight is 404 g/mol. The number of rotatable bonds is 12. The van der Waals surface area contributed by atoms with Gasteiger partial charge in [-0.3, -0.25) is 4.48 Å². The summed E-state index contributed by atoms with van der Waals surface area (Å²) in [6.07, 6.45) is 20.0. The van der Waals surface area contributed by atoms with E-state index in [9.17, 15) is 0 Å². The van der Waals surface area contributed by atoms with E-state index in [4.69, 9.17) is 0 Å². The maximum absolute atomic E-state index is 3.89. The van der Waals surface area contributed by atoms with Gasteiger partial charge in [-0.15, -0.1) is 0 Å². The van der Waals surface area contributed by atoms with Gasteiger partial charge in [-0.1, -0.05) is 39.2 Å². The molecular weight excluding hydrogens is 356 g/mol. The SMILES string of the molecule is C=Cn1cc[n+](C(C)(C)CC(C)(C)[N+]2(C(C)CCCCCCC)CC=[N+](C)C2)c1. The second-order valence-corrected chi connectivity index (χ2v) is 10.6. The predicted octanol–water partition coefficient (Wildman–Crippen LogP) is 5.03. The number of aromatic nitrogens is 2. The summed E-state index contributed by atoms with van der Waals surface area (Å²) in [6, 6.07) is 0.673. The number of unbranched alkanes of at least 4 members (excludes halogenated alkanes) is 4. The summed E-state index contributed by atoms with van der Waals surface area (Å²) >= 11 is 0. The highest BCUT2D eigenvalue weighted by Crippen LogP contribution is 2.38. The molecule has 0 spiro atoms. The molecule has 1 aliphatic heterocycles. The Morgan fingerprint density at radius 1 is 1.17 bits per heavy atom. The Kier molecular flexibility index (Phi) is 7.89. The zero-order valence-electron chi connectivity index (χ0n) is 20.3. The number of imidazole rings is 1. The number of nitrogens with zero attached hydrogens (tertiary/aromatic N) is 4. The minimum absolute atomic E-state index is 0.0466. The quantitative estimate of drug-likeness (QED) is 0.264. The van der Waals surface area contributed by atoms with Crippen molar-refractivity contribution in [2.45, 2.75) is 104 Å². The summed E-state index contributed by atoms with van der Waals surface area (Å²) < 4.78 is 7.98. The molecule has 2 rings (SSSR count). The van der Waals surface area contributed by atoms with Crippen LogP contribution in [0.5, 0.6) is 0 Å². The van der Waals surface area contributed by atoms with Gasteiger partial charge in [-0.25, -0.2) is 9.13 Å². The number of hydrogen-bond donors (Lipinski definition) is 0. The van der Waals surface area contributed by atoms with Crippen molar-refractivity contribution in [1.82, 2.24) is 4.57 Å². The first kappa shape index (κ1) is 23.9. The zero-order chi connectivity index (χ0) is 21.7. The lowest BCUT2D eigenvalue weighted by atomic mass is 9.82. The van der Waals surface area contributed by atoms with Crippen LogP contribution < -0.4 is 4.57 Å². The van der Waals surface area contributed by atoms with E-state index < -0.39 is 0 Å². The monoisotopic (exact) mass is 403 g/mol. The summed E-state index contributed by atoms with van der Waals surface area (Å²) in [6.45, 7) is 20.7. The fraction of sp³-hybridized carbons (Fsp3) is 0.760. The molecule has 2 unspecified atom stereocenters. The first-order valence-electron chi connectivity index (χ1n) is 11.7. The van der Waals surface area contributed by atoms with Crippen molar-refractivity contribution >= 4 is 12.4 Å². The molecule has 1 aromatic heterocycles. The van der Waals surface area contributed by atoms with Gasteiger partial charge in [0.2, 0.25) is 6.33 Å². The number of hydrogen-bond acceptors (Lipinski definition) is 0. The third kappa shape index (κ3) is 5.39. The molecule has 0 bridgehead atoms. The predicted molar refractivity (Wildman–Crippen MR) is 124 cm³/mol. The van der Waals surface area contributed by atoms with E-state index in [-0.39, 0.29) is 11.1 Å². The standard InChI is InChI=1S/C25H47N4/c1-9-11-12-13-14-15-23(3)29(19-18-26(8)22-29)25(6,7)20-24(4,5)28-17-16-27(10-2)21-28/h10,16-18,21,23H,2,9,11-15,19-20,22H2,1,3-8H3/q+3. The molecule has 0 radical (unpaired) electrons. The van der Waals surface area contributed by atoms with Crippen molar-refractivity contribution in [3.05, 3.63) is 25.3 Å². The van der Waals surface area contributed by atoms with E-state index in [0.717, 1.165) is 19.6 Å². The molecule has 0 aliphatic carbocycles. The van der Waals surface area contributed by atoms with Gasteiger partial charge >= 0.3 is 0 Å². The lowest BCUT2D eigenvalue weighted by Crippen LogP contribution is -2.69. The molecule has 1 aromatic rings. The van der Waals surface area contributed by atoms with Crippen LogP contribution in [0.15, 0.2) is 25.3 Å². The average Bonchev–Trinajstić information content (AvgIpc) is 3.28. The smallest absolute Gasteiger partial charge is 0.254 e. The van der Waals surface area contributed by atoms with Gasteiger partial charge in [0.25, 0.3) is 6.67 Å². The molecular formula is C25H47N4+3. The Bertz CT molecular complexity index is 697. The first-order chi connectivity index (χ1) is 13.6. The van der Waals surface area contributed by atoms with E-state index in [2.05, 4.69) is 89.2 Å². The summed E-state index contributed by atoms with van der Waals surface area (Å²) in [4.78, 5) is 0. The molecule has 164 valence electrons. The minimum Gasteiger partial charge on any atom is -0.254 e. The molecule has 4 heteroatoms. The third-order valence-electron chi connectivity index (χ3n) is 7.40. The summed E-state index contributed by atoms with van der Waals surface area (Å²) in [5.41, 5.74) is 0.224. The van der Waals surface area contributed by atoms with Crippen molar-refractivity contribution < 1.29 is 13.6 Å². The molecule has 2 atom stereocenters. The van der Waals surface area contributed by atoms with Crippen LogP contribution in [0.2, 0.25) is 0 Å². The van der Waals surface area contributed by atoms with E-state index in [1.807, 2.05) is 10.8 Å². The Hall–Kier alpha value is -1.42. The summed E-state index contributed by atoms with van der Waals surface area (Å²) in [7, 11) is 2.24. The van der Waals surface area contributed by atoms with Gasteiger partial charge in [0, 0.05) is 6.42 Å². The molecule has 2 heterocycles. The van der Waals surface area contributed by atoms with Crippen molar-refractivity contribution in [3.8, 4) is 0 Å². The lowest BCUT2D eigenvalue weighted by molar-refractivity contribution is -1.03. The minimum atomic E-state index is 0.0466. The summed E-state index contributed by atoms with van der Waals surface area (Å²) in [5, 5.41) is 0. The van der Waals surface area contributed by atoms with Gasteiger partial charge in [-0.2, -0.15) is 4.58 Å². The number of quaternary nitrogens is 1. The Morgan fingerprint density at radius 3 is 2.41 bits per heavy atom. The lowest BCUT2D eigenvalue weighted by Gasteiger charge is -2.50. The maximum Gasteiger partial charge on any atom is 0.271 e. The van der Waals surface area contributed by atoms with Crippen molar-refractivity contribution in [2.75, 3.05) is 20.3 Å². The molecule has 0 saturated carbocycles. The van der Waals surface area contributed by atoms with E-state index in [1.165, 1.54) is 43.0 Å². The first-order valence-corrected chi connectivity index (χ1v) is 11.7. The van der Waals surface area contributed by atoms with Crippen molar-refractivity contribution in [1.29, 1.82) is 0 Å².